The van der Waals surface area contributed by atoms with Gasteiger partial charge in [0.25, 0.3) is 0 Å². The molecule has 1 rings (SSSR count). The third-order valence-electron chi connectivity index (χ3n) is 2.84. The van der Waals surface area contributed by atoms with Crippen LogP contribution in [0.25, 0.3) is 0 Å². The molecule has 1 aliphatic carbocycles. The normalized spacial score (nSPS) is 16.5. The number of hydrogen-bond acceptors (Lipinski definition) is 1. The Morgan fingerprint density at radius 2 is 2.33 bits per heavy atom. The van der Waals surface area contributed by atoms with Gasteiger partial charge in [0.2, 0.25) is 0 Å². The molecule has 0 amide bonds. The van der Waals surface area contributed by atoms with Gasteiger partial charge in [0.1, 0.15) is 0 Å². The van der Waals surface area contributed by atoms with Crippen LogP contribution < -0.4 is 0 Å². The van der Waals surface area contributed by atoms with Crippen molar-refractivity contribution in [3.63, 3.8) is 0 Å². The summed E-state index contributed by atoms with van der Waals surface area (Å²) in [5, 5.41) is 0. The zero-order valence-corrected chi connectivity index (χ0v) is 12.4. The summed E-state index contributed by atoms with van der Waals surface area (Å²) in [5.41, 5.74) is 0. The van der Waals surface area contributed by atoms with Crippen molar-refractivity contribution in [1.82, 2.24) is 0 Å². The van der Waals surface area contributed by atoms with Crippen molar-refractivity contribution < 1.29 is 26.5 Å². The fraction of sp³-hybridized carbons (Fsp3) is 0.692. The molecule has 15 heavy (non-hydrogen) atoms. The van der Waals surface area contributed by atoms with Crippen LogP contribution in [0.3, 0.4) is 0 Å². The summed E-state index contributed by atoms with van der Waals surface area (Å²) >= 11 is -0.662. The predicted octanol–water partition coefficient (Wildman–Crippen LogP) is 4.06. The van der Waals surface area contributed by atoms with Gasteiger partial charge in [0.15, 0.2) is 0 Å². The van der Waals surface area contributed by atoms with Crippen molar-refractivity contribution in [3.8, 4) is 0 Å². The van der Waals surface area contributed by atoms with Crippen molar-refractivity contribution in [2.75, 3.05) is 6.61 Å². The maximum absolute atomic E-state index is 5.93. The zero-order chi connectivity index (χ0) is 10.9. The molecule has 0 radical (unpaired) electrons. The first kappa shape index (κ1) is 13.4. The van der Waals surface area contributed by atoms with E-state index in [4.69, 9.17) is 2.81 Å². The molecule has 0 spiro atoms. The monoisotopic (exact) mass is 284 g/mol. The Morgan fingerprint density at radius 3 is 2.93 bits per heavy atom. The zero-order valence-electron chi connectivity index (χ0n) is 9.96. The number of hydrogen-bond donors (Lipinski definition) is 0. The Balaban J connectivity index is 2.06. The Morgan fingerprint density at radius 1 is 1.47 bits per heavy atom. The molecule has 0 saturated carbocycles. The van der Waals surface area contributed by atoms with Crippen molar-refractivity contribution in [3.05, 3.63) is 21.5 Å². The first-order valence-corrected chi connectivity index (χ1v) is 8.33. The predicted molar refractivity (Wildman–Crippen MR) is 61.1 cm³/mol. The second-order valence-corrected chi connectivity index (χ2v) is 6.94. The van der Waals surface area contributed by atoms with Gasteiger partial charge >= 0.3 is 106 Å². The second kappa shape index (κ2) is 8.47. The molecule has 1 aliphatic rings. The molecule has 0 N–H and O–H groups in total. The van der Waals surface area contributed by atoms with Crippen molar-refractivity contribution in [2.24, 2.45) is 5.92 Å². The van der Waals surface area contributed by atoms with E-state index in [9.17, 15) is 0 Å². The first-order valence-electron chi connectivity index (χ1n) is 6.10. The summed E-state index contributed by atoms with van der Waals surface area (Å²) in [5.74, 6) is 0.806. The van der Waals surface area contributed by atoms with E-state index in [-0.39, 0.29) is 0 Å². The Kier molecular flexibility index (Phi) is 7.56. The first-order chi connectivity index (χ1) is 7.36. The molecule has 0 heterocycles. The van der Waals surface area contributed by atoms with Crippen LogP contribution in [0.5, 0.6) is 0 Å². The van der Waals surface area contributed by atoms with E-state index in [0.717, 1.165) is 18.9 Å². The molecule has 0 saturated heterocycles. The molecule has 0 aliphatic heterocycles. The number of unbranched alkanes of at least 4 members (excludes halogenated alkanes) is 1. The molecular formula is C13H22OZr. The van der Waals surface area contributed by atoms with Gasteiger partial charge < -0.3 is 0 Å². The molecule has 0 fully saturated rings. The fourth-order valence-electron chi connectivity index (χ4n) is 1.67. The van der Waals surface area contributed by atoms with Gasteiger partial charge in [-0.2, -0.15) is 0 Å². The van der Waals surface area contributed by atoms with Gasteiger partial charge in [0.05, 0.1) is 0 Å². The van der Waals surface area contributed by atoms with E-state index < -0.39 is 23.7 Å². The van der Waals surface area contributed by atoms with Crippen LogP contribution in [0.1, 0.15) is 46.0 Å². The second-order valence-electron chi connectivity index (χ2n) is 4.15. The van der Waals surface area contributed by atoms with Crippen LogP contribution in [-0.4, -0.2) is 6.61 Å². The summed E-state index contributed by atoms with van der Waals surface area (Å²) in [6.45, 7) is 5.56. The van der Waals surface area contributed by atoms with Crippen LogP contribution in [0.2, 0.25) is 0 Å². The van der Waals surface area contributed by atoms with E-state index in [1.54, 1.807) is 3.28 Å². The molecule has 1 nitrogen and oxygen atoms in total. The van der Waals surface area contributed by atoms with Gasteiger partial charge in [-0.15, -0.1) is 0 Å². The quantitative estimate of drug-likeness (QED) is 0.653. The Bertz CT molecular complexity index is 221. The maximum atomic E-state index is 5.93. The molecule has 0 aromatic carbocycles. The summed E-state index contributed by atoms with van der Waals surface area (Å²) in [4.78, 5) is 0. The number of rotatable bonds is 8. The van der Waals surface area contributed by atoms with Crippen LogP contribution in [-0.2, 0) is 26.5 Å². The standard InChI is InChI=1S/C8H17O.C5H5.Zr/c1-3-5-6-8(4-2)7-9;1-2-4-5-3-1;/h8H,3-7H2,1-2H3;1-3H,4H2;/q-1;;+1. The molecule has 0 bridgehead atoms. The van der Waals surface area contributed by atoms with Gasteiger partial charge in [-0.25, -0.2) is 0 Å². The van der Waals surface area contributed by atoms with Crippen LogP contribution in [0.4, 0.5) is 0 Å². The average molecular weight is 286 g/mol. The molecule has 1 atom stereocenters. The molecule has 0 aromatic rings. The van der Waals surface area contributed by atoms with Gasteiger partial charge in [0, 0.05) is 0 Å². The molecule has 2 heteroatoms. The summed E-state index contributed by atoms with van der Waals surface area (Å²) < 4.78 is 7.52. The van der Waals surface area contributed by atoms with Crippen LogP contribution in [0, 0.1) is 5.92 Å². The van der Waals surface area contributed by atoms with E-state index in [1.165, 1.54) is 25.7 Å². The van der Waals surface area contributed by atoms with Crippen molar-refractivity contribution in [2.45, 2.75) is 46.0 Å². The van der Waals surface area contributed by atoms with Crippen LogP contribution in [0.15, 0.2) is 21.5 Å². The molecule has 84 valence electrons. The van der Waals surface area contributed by atoms with Gasteiger partial charge in [-0.05, 0) is 0 Å². The molecule has 0 aromatic heterocycles. The summed E-state index contributed by atoms with van der Waals surface area (Å²) in [6, 6.07) is 0. The van der Waals surface area contributed by atoms with E-state index in [1.807, 2.05) is 0 Å². The minimum atomic E-state index is -0.662. The van der Waals surface area contributed by atoms with E-state index in [0.29, 0.717) is 0 Å². The fourth-order valence-corrected chi connectivity index (χ4v) is 3.81. The van der Waals surface area contributed by atoms with E-state index >= 15 is 0 Å². The van der Waals surface area contributed by atoms with Crippen molar-refractivity contribution >= 4 is 0 Å². The molecule has 1 unspecified atom stereocenters. The third-order valence-corrected chi connectivity index (χ3v) is 5.16. The molecular weight excluding hydrogens is 263 g/mol. The SMILES string of the molecule is CCCCC(CC)C[O][Zr][C]1=CC=CC1. The third kappa shape index (κ3) is 5.83. The van der Waals surface area contributed by atoms with E-state index in [2.05, 4.69) is 32.1 Å². The topological polar surface area (TPSA) is 9.23 Å². The van der Waals surface area contributed by atoms with Crippen LogP contribution >= 0.6 is 0 Å². The van der Waals surface area contributed by atoms with Crippen molar-refractivity contribution in [1.29, 1.82) is 0 Å². The van der Waals surface area contributed by atoms with Gasteiger partial charge in [-0.3, -0.25) is 0 Å². The number of allylic oxidation sites excluding steroid dienone is 4. The van der Waals surface area contributed by atoms with Gasteiger partial charge in [-0.1, -0.05) is 0 Å². The Labute approximate surface area is 106 Å². The Hall–Kier alpha value is 0.323. The average Bonchev–Trinajstić information content (AvgIpc) is 2.76. The minimum absolute atomic E-state index is 0.662. The summed E-state index contributed by atoms with van der Waals surface area (Å²) in [6.07, 6.45) is 13.1. The summed E-state index contributed by atoms with van der Waals surface area (Å²) in [7, 11) is 0.